The zero-order valence-corrected chi connectivity index (χ0v) is 25.8. The summed E-state index contributed by atoms with van der Waals surface area (Å²) in [5.74, 6) is 2.71. The van der Waals surface area contributed by atoms with Gasteiger partial charge in [-0.2, -0.15) is 0 Å². The summed E-state index contributed by atoms with van der Waals surface area (Å²) in [5.41, 5.74) is 7.06. The quantitative estimate of drug-likeness (QED) is 0.201. The monoisotopic (exact) mass is 616 g/mol. The molecule has 226 valence electrons. The Labute approximate surface area is 277 Å². The lowest BCUT2D eigenvalue weighted by Crippen LogP contribution is -2.01. The second kappa shape index (κ2) is 11.6. The number of nitrogens with one attached hydrogen (secondary N) is 1. The third kappa shape index (κ3) is 4.93. The minimum atomic E-state index is 0.622. The van der Waals surface area contributed by atoms with Gasteiger partial charge >= 0.3 is 0 Å². The van der Waals surface area contributed by atoms with Crippen LogP contribution in [-0.2, 0) is 0 Å². The smallest absolute Gasteiger partial charge is 0.164 e. The molecule has 3 aromatic heterocycles. The Morgan fingerprint density at radius 3 is 1.85 bits per heavy atom. The SMILES string of the molecule is c1ccc(-c2nc(-c3ccccc3)nc(-c3cccc(-n4c5ccc(Nc6ccccn6)cc5c5ccc6ccccc6c54)c3)n2)cc1. The van der Waals surface area contributed by atoms with Gasteiger partial charge in [-0.3, -0.25) is 0 Å². The highest BCUT2D eigenvalue weighted by molar-refractivity contribution is 6.19. The molecule has 3 heterocycles. The van der Waals surface area contributed by atoms with E-state index in [0.717, 1.165) is 50.3 Å². The number of fused-ring (bicyclic) bond motifs is 5. The Balaban J connectivity index is 1.25. The number of hydrogen-bond acceptors (Lipinski definition) is 5. The maximum Gasteiger partial charge on any atom is 0.164 e. The highest BCUT2D eigenvalue weighted by Crippen LogP contribution is 2.38. The second-order valence-corrected chi connectivity index (χ2v) is 11.7. The van der Waals surface area contributed by atoms with Gasteiger partial charge in [-0.1, -0.05) is 115 Å². The van der Waals surface area contributed by atoms with E-state index in [9.17, 15) is 0 Å². The van der Waals surface area contributed by atoms with Gasteiger partial charge in [-0.05, 0) is 47.9 Å². The van der Waals surface area contributed by atoms with Crippen molar-refractivity contribution in [2.75, 3.05) is 5.32 Å². The predicted octanol–water partition coefficient (Wildman–Crippen LogP) is 10.3. The van der Waals surface area contributed by atoms with Crippen LogP contribution < -0.4 is 5.32 Å². The lowest BCUT2D eigenvalue weighted by molar-refractivity contribution is 1.07. The van der Waals surface area contributed by atoms with Crippen LogP contribution in [0.2, 0.25) is 0 Å². The minimum absolute atomic E-state index is 0.622. The number of nitrogens with zero attached hydrogens (tertiary/aromatic N) is 5. The molecule has 48 heavy (non-hydrogen) atoms. The van der Waals surface area contributed by atoms with Crippen LogP contribution in [0.1, 0.15) is 0 Å². The van der Waals surface area contributed by atoms with Crippen molar-refractivity contribution in [1.82, 2.24) is 24.5 Å². The summed E-state index contributed by atoms with van der Waals surface area (Å²) in [7, 11) is 0. The standard InChI is InChI=1S/C42H28N6/c1-3-13-29(14-4-1)40-45-41(30-15-5-2-6-16-30)47-42(46-40)31-17-11-18-33(26-31)48-37-24-22-32(44-38-20-9-10-25-43-38)27-36(37)35-23-21-28-12-7-8-19-34(28)39(35)48/h1-27H,(H,43,44). The number of anilines is 2. The fraction of sp³-hybridized carbons (Fsp3) is 0. The summed E-state index contributed by atoms with van der Waals surface area (Å²) in [6.45, 7) is 0. The van der Waals surface area contributed by atoms with Gasteiger partial charge in [0.15, 0.2) is 17.5 Å². The van der Waals surface area contributed by atoms with E-state index in [-0.39, 0.29) is 0 Å². The van der Waals surface area contributed by atoms with Crippen molar-refractivity contribution in [1.29, 1.82) is 0 Å². The molecule has 0 radical (unpaired) electrons. The molecule has 0 bridgehead atoms. The first-order chi connectivity index (χ1) is 23.8. The molecule has 0 amide bonds. The fourth-order valence-corrected chi connectivity index (χ4v) is 6.43. The molecule has 0 saturated heterocycles. The maximum atomic E-state index is 5.00. The van der Waals surface area contributed by atoms with Crippen LogP contribution in [0.5, 0.6) is 0 Å². The molecule has 0 spiro atoms. The van der Waals surface area contributed by atoms with E-state index >= 15 is 0 Å². The molecule has 6 aromatic carbocycles. The highest BCUT2D eigenvalue weighted by Gasteiger charge is 2.18. The van der Waals surface area contributed by atoms with E-state index in [2.05, 4.69) is 93.7 Å². The molecule has 0 saturated carbocycles. The molecule has 0 atom stereocenters. The first kappa shape index (κ1) is 27.6. The summed E-state index contributed by atoms with van der Waals surface area (Å²) >= 11 is 0. The summed E-state index contributed by atoms with van der Waals surface area (Å²) in [6, 6.07) is 54.0. The van der Waals surface area contributed by atoms with Crippen molar-refractivity contribution in [3.05, 3.63) is 164 Å². The fourth-order valence-electron chi connectivity index (χ4n) is 6.43. The van der Waals surface area contributed by atoms with Crippen LogP contribution >= 0.6 is 0 Å². The lowest BCUT2D eigenvalue weighted by Gasteiger charge is -2.13. The average molecular weight is 617 g/mol. The summed E-state index contributed by atoms with van der Waals surface area (Å²) < 4.78 is 2.36. The van der Waals surface area contributed by atoms with E-state index < -0.39 is 0 Å². The zero-order chi connectivity index (χ0) is 31.9. The van der Waals surface area contributed by atoms with Gasteiger partial charge in [0.2, 0.25) is 0 Å². The highest BCUT2D eigenvalue weighted by atomic mass is 15.0. The molecule has 0 unspecified atom stereocenters. The van der Waals surface area contributed by atoms with Crippen molar-refractivity contribution >= 4 is 44.1 Å². The second-order valence-electron chi connectivity index (χ2n) is 11.7. The third-order valence-electron chi connectivity index (χ3n) is 8.65. The van der Waals surface area contributed by atoms with Gasteiger partial charge in [-0.15, -0.1) is 0 Å². The van der Waals surface area contributed by atoms with E-state index in [0.29, 0.717) is 17.5 Å². The topological polar surface area (TPSA) is 68.5 Å². The number of aromatic nitrogens is 5. The average Bonchev–Trinajstić information content (AvgIpc) is 3.50. The molecular formula is C42H28N6. The molecule has 6 heteroatoms. The van der Waals surface area contributed by atoms with Crippen LogP contribution in [0.15, 0.2) is 164 Å². The maximum absolute atomic E-state index is 5.00. The summed E-state index contributed by atoms with van der Waals surface area (Å²) in [4.78, 5) is 19.4. The van der Waals surface area contributed by atoms with E-state index in [4.69, 9.17) is 15.0 Å². The Morgan fingerprint density at radius 2 is 1.12 bits per heavy atom. The van der Waals surface area contributed by atoms with Crippen molar-refractivity contribution in [3.8, 4) is 39.9 Å². The summed E-state index contributed by atoms with van der Waals surface area (Å²) in [5, 5.41) is 8.18. The summed E-state index contributed by atoms with van der Waals surface area (Å²) in [6.07, 6.45) is 1.80. The van der Waals surface area contributed by atoms with Crippen LogP contribution in [0.3, 0.4) is 0 Å². The molecule has 0 fully saturated rings. The van der Waals surface area contributed by atoms with E-state index in [1.807, 2.05) is 78.9 Å². The predicted molar refractivity (Wildman–Crippen MR) is 195 cm³/mol. The van der Waals surface area contributed by atoms with Crippen molar-refractivity contribution < 1.29 is 0 Å². The molecular weight excluding hydrogens is 589 g/mol. The van der Waals surface area contributed by atoms with Crippen molar-refractivity contribution in [3.63, 3.8) is 0 Å². The molecule has 0 aliphatic rings. The lowest BCUT2D eigenvalue weighted by atomic mass is 10.1. The molecule has 0 aliphatic carbocycles. The normalized spacial score (nSPS) is 11.3. The van der Waals surface area contributed by atoms with Crippen molar-refractivity contribution in [2.45, 2.75) is 0 Å². The van der Waals surface area contributed by atoms with E-state index in [1.165, 1.54) is 16.2 Å². The number of hydrogen-bond donors (Lipinski definition) is 1. The molecule has 6 nitrogen and oxygen atoms in total. The van der Waals surface area contributed by atoms with Gasteiger partial charge < -0.3 is 9.88 Å². The Kier molecular flexibility index (Phi) is 6.68. The van der Waals surface area contributed by atoms with Gasteiger partial charge in [0.05, 0.1) is 11.0 Å². The molecule has 1 N–H and O–H groups in total. The van der Waals surface area contributed by atoms with Gasteiger partial charge in [-0.25, -0.2) is 19.9 Å². The van der Waals surface area contributed by atoms with Crippen LogP contribution in [0, 0.1) is 0 Å². The Hall–Kier alpha value is -6.66. The molecule has 9 aromatic rings. The van der Waals surface area contributed by atoms with Crippen LogP contribution in [0.25, 0.3) is 72.4 Å². The van der Waals surface area contributed by atoms with Gasteiger partial charge in [0, 0.05) is 50.4 Å². The van der Waals surface area contributed by atoms with Crippen LogP contribution in [-0.4, -0.2) is 24.5 Å². The minimum Gasteiger partial charge on any atom is -0.340 e. The number of pyridine rings is 1. The number of rotatable bonds is 6. The Morgan fingerprint density at radius 1 is 0.458 bits per heavy atom. The largest absolute Gasteiger partial charge is 0.340 e. The van der Waals surface area contributed by atoms with Gasteiger partial charge in [0.25, 0.3) is 0 Å². The third-order valence-corrected chi connectivity index (χ3v) is 8.65. The van der Waals surface area contributed by atoms with Crippen LogP contribution in [0.4, 0.5) is 11.5 Å². The Bertz CT molecular complexity index is 2520. The first-order valence-electron chi connectivity index (χ1n) is 15.9. The number of benzene rings is 6. The van der Waals surface area contributed by atoms with Gasteiger partial charge in [0.1, 0.15) is 5.82 Å². The first-order valence-corrected chi connectivity index (χ1v) is 15.9. The van der Waals surface area contributed by atoms with Crippen molar-refractivity contribution in [2.24, 2.45) is 0 Å². The van der Waals surface area contributed by atoms with E-state index in [1.54, 1.807) is 6.20 Å². The molecule has 9 rings (SSSR count). The molecule has 0 aliphatic heterocycles. The zero-order valence-electron chi connectivity index (χ0n) is 25.8.